The van der Waals surface area contributed by atoms with Crippen molar-refractivity contribution in [3.63, 3.8) is 0 Å². The molecule has 2 fully saturated rings. The summed E-state index contributed by atoms with van der Waals surface area (Å²) in [6.07, 6.45) is 7.47. The summed E-state index contributed by atoms with van der Waals surface area (Å²) >= 11 is 12.6. The number of benzene rings is 1. The Kier molecular flexibility index (Phi) is 4.28. The van der Waals surface area contributed by atoms with Gasteiger partial charge in [0, 0.05) is 11.6 Å². The second-order valence-electron chi connectivity index (χ2n) is 6.13. The van der Waals surface area contributed by atoms with Gasteiger partial charge < -0.3 is 5.73 Å². The molecule has 1 heterocycles. The first-order valence-corrected chi connectivity index (χ1v) is 8.35. The molecule has 0 radical (unpaired) electrons. The molecule has 1 saturated heterocycles. The molecular formula is C16H22Cl2N2. The van der Waals surface area contributed by atoms with Crippen molar-refractivity contribution in [2.75, 3.05) is 13.1 Å². The van der Waals surface area contributed by atoms with Crippen molar-refractivity contribution >= 4 is 23.2 Å². The van der Waals surface area contributed by atoms with Crippen LogP contribution >= 0.6 is 23.2 Å². The predicted molar refractivity (Wildman–Crippen MR) is 85.4 cm³/mol. The summed E-state index contributed by atoms with van der Waals surface area (Å²) < 4.78 is 0. The van der Waals surface area contributed by atoms with E-state index >= 15 is 0 Å². The van der Waals surface area contributed by atoms with Crippen LogP contribution in [-0.4, -0.2) is 23.5 Å². The maximum atomic E-state index is 6.70. The topological polar surface area (TPSA) is 29.3 Å². The largest absolute Gasteiger partial charge is 0.322 e. The third-order valence-corrected chi connectivity index (χ3v) is 5.93. The molecule has 1 saturated carbocycles. The zero-order valence-electron chi connectivity index (χ0n) is 11.7. The molecule has 0 aromatic heterocycles. The monoisotopic (exact) mass is 312 g/mol. The number of hydrogen-bond donors (Lipinski definition) is 1. The summed E-state index contributed by atoms with van der Waals surface area (Å²) in [4.78, 5) is 2.61. The molecule has 0 amide bonds. The molecule has 1 atom stereocenters. The maximum Gasteiger partial charge on any atom is 0.0640 e. The van der Waals surface area contributed by atoms with Gasteiger partial charge in [-0.05, 0) is 50.4 Å². The number of nitrogens with zero attached hydrogens (tertiary/aromatic N) is 1. The molecule has 2 N–H and O–H groups in total. The van der Waals surface area contributed by atoms with Gasteiger partial charge in [0.25, 0.3) is 0 Å². The van der Waals surface area contributed by atoms with Gasteiger partial charge in [-0.3, -0.25) is 4.90 Å². The van der Waals surface area contributed by atoms with Gasteiger partial charge in [-0.15, -0.1) is 0 Å². The first-order valence-electron chi connectivity index (χ1n) is 7.60. The standard InChI is InChI=1S/C16H22Cl2N2/c17-13-7-5-6-12(14(13)18)15(19)16(8-1-2-9-16)20-10-3-4-11-20/h5-7,15H,1-4,8-11,19H2. The first-order chi connectivity index (χ1) is 9.65. The van der Waals surface area contributed by atoms with Crippen molar-refractivity contribution in [3.05, 3.63) is 33.8 Å². The molecule has 110 valence electrons. The molecule has 1 aromatic carbocycles. The molecule has 1 aliphatic heterocycles. The van der Waals surface area contributed by atoms with E-state index in [0.717, 1.165) is 5.56 Å². The van der Waals surface area contributed by atoms with Crippen LogP contribution in [-0.2, 0) is 0 Å². The molecule has 1 aromatic rings. The summed E-state index contributed by atoms with van der Waals surface area (Å²) in [6.45, 7) is 2.35. The quantitative estimate of drug-likeness (QED) is 0.896. The van der Waals surface area contributed by atoms with E-state index in [0.29, 0.717) is 10.0 Å². The molecule has 20 heavy (non-hydrogen) atoms. The van der Waals surface area contributed by atoms with Crippen LogP contribution in [0.25, 0.3) is 0 Å². The molecular weight excluding hydrogens is 291 g/mol. The van der Waals surface area contributed by atoms with E-state index in [1.54, 1.807) is 0 Å². The van der Waals surface area contributed by atoms with Gasteiger partial charge in [0.1, 0.15) is 0 Å². The Hall–Kier alpha value is -0.280. The van der Waals surface area contributed by atoms with Crippen molar-refractivity contribution in [2.24, 2.45) is 5.73 Å². The van der Waals surface area contributed by atoms with Crippen LogP contribution in [0, 0.1) is 0 Å². The van der Waals surface area contributed by atoms with E-state index in [2.05, 4.69) is 4.90 Å². The van der Waals surface area contributed by atoms with Crippen LogP contribution in [0.1, 0.15) is 50.1 Å². The van der Waals surface area contributed by atoms with Gasteiger partial charge in [0.05, 0.1) is 10.0 Å². The van der Waals surface area contributed by atoms with E-state index in [-0.39, 0.29) is 11.6 Å². The minimum Gasteiger partial charge on any atom is -0.322 e. The fraction of sp³-hybridized carbons (Fsp3) is 0.625. The summed E-state index contributed by atoms with van der Waals surface area (Å²) in [7, 11) is 0. The molecule has 0 bridgehead atoms. The Labute approximate surface area is 131 Å². The van der Waals surface area contributed by atoms with E-state index in [9.17, 15) is 0 Å². The summed E-state index contributed by atoms with van der Waals surface area (Å²) in [5.74, 6) is 0. The third-order valence-electron chi connectivity index (χ3n) is 5.10. The second kappa shape index (κ2) is 5.84. The number of likely N-dealkylation sites (tertiary alicyclic amines) is 1. The van der Waals surface area contributed by atoms with E-state index in [4.69, 9.17) is 28.9 Å². The van der Waals surface area contributed by atoms with Crippen LogP contribution in [0.5, 0.6) is 0 Å². The molecule has 2 aliphatic rings. The lowest BCUT2D eigenvalue weighted by Crippen LogP contribution is -2.52. The normalized spacial score (nSPS) is 24.1. The van der Waals surface area contributed by atoms with Gasteiger partial charge in [-0.2, -0.15) is 0 Å². The van der Waals surface area contributed by atoms with Crippen LogP contribution in [0.2, 0.25) is 10.0 Å². The van der Waals surface area contributed by atoms with E-state index in [1.165, 1.54) is 51.6 Å². The minimum absolute atomic E-state index is 0.0469. The molecule has 1 aliphatic carbocycles. The molecule has 2 nitrogen and oxygen atoms in total. The Bertz CT molecular complexity index is 477. The molecule has 3 rings (SSSR count). The van der Waals surface area contributed by atoms with Gasteiger partial charge in [-0.25, -0.2) is 0 Å². The Balaban J connectivity index is 1.96. The third kappa shape index (κ3) is 2.37. The molecule has 0 spiro atoms. The summed E-state index contributed by atoms with van der Waals surface area (Å²) in [5, 5.41) is 1.24. The average Bonchev–Trinajstić information content (AvgIpc) is 3.12. The van der Waals surface area contributed by atoms with Gasteiger partial charge in [0.2, 0.25) is 0 Å². The fourth-order valence-corrected chi connectivity index (χ4v) is 4.45. The average molecular weight is 313 g/mol. The number of rotatable bonds is 3. The highest BCUT2D eigenvalue weighted by Gasteiger charge is 2.46. The van der Waals surface area contributed by atoms with Gasteiger partial charge in [0.15, 0.2) is 0 Å². The van der Waals surface area contributed by atoms with E-state index in [1.807, 2.05) is 18.2 Å². The summed E-state index contributed by atoms with van der Waals surface area (Å²) in [6, 6.07) is 5.77. The minimum atomic E-state index is -0.0469. The van der Waals surface area contributed by atoms with Crippen molar-refractivity contribution in [3.8, 4) is 0 Å². The summed E-state index contributed by atoms with van der Waals surface area (Å²) in [5.41, 5.74) is 7.80. The molecule has 4 heteroatoms. The zero-order chi connectivity index (χ0) is 14.2. The lowest BCUT2D eigenvalue weighted by atomic mass is 9.82. The Morgan fingerprint density at radius 3 is 2.35 bits per heavy atom. The zero-order valence-corrected chi connectivity index (χ0v) is 13.3. The fourth-order valence-electron chi connectivity index (χ4n) is 4.02. The van der Waals surface area contributed by atoms with E-state index < -0.39 is 0 Å². The van der Waals surface area contributed by atoms with Crippen LogP contribution < -0.4 is 5.73 Å². The predicted octanol–water partition coefficient (Wildman–Crippen LogP) is 4.40. The number of hydrogen-bond acceptors (Lipinski definition) is 2. The van der Waals surface area contributed by atoms with Gasteiger partial charge in [-0.1, -0.05) is 48.2 Å². The Morgan fingerprint density at radius 1 is 1.05 bits per heavy atom. The van der Waals surface area contributed by atoms with Crippen molar-refractivity contribution in [1.82, 2.24) is 4.90 Å². The number of nitrogens with two attached hydrogens (primary N) is 1. The lowest BCUT2D eigenvalue weighted by Gasteiger charge is -2.44. The SMILES string of the molecule is NC(c1cccc(Cl)c1Cl)C1(N2CCCC2)CCCC1. The van der Waals surface area contributed by atoms with Crippen molar-refractivity contribution < 1.29 is 0 Å². The van der Waals surface area contributed by atoms with Crippen LogP contribution in [0.3, 0.4) is 0 Å². The smallest absolute Gasteiger partial charge is 0.0640 e. The molecule has 1 unspecified atom stereocenters. The Morgan fingerprint density at radius 2 is 1.70 bits per heavy atom. The highest BCUT2D eigenvalue weighted by atomic mass is 35.5. The highest BCUT2D eigenvalue weighted by Crippen LogP contribution is 2.46. The van der Waals surface area contributed by atoms with Crippen LogP contribution in [0.15, 0.2) is 18.2 Å². The van der Waals surface area contributed by atoms with Crippen molar-refractivity contribution in [1.29, 1.82) is 0 Å². The van der Waals surface area contributed by atoms with Crippen molar-refractivity contribution in [2.45, 2.75) is 50.1 Å². The first kappa shape index (κ1) is 14.6. The highest BCUT2D eigenvalue weighted by molar-refractivity contribution is 6.42. The lowest BCUT2D eigenvalue weighted by molar-refractivity contribution is 0.0922. The van der Waals surface area contributed by atoms with Gasteiger partial charge >= 0.3 is 0 Å². The second-order valence-corrected chi connectivity index (χ2v) is 6.91. The maximum absolute atomic E-state index is 6.70. The van der Waals surface area contributed by atoms with Crippen LogP contribution in [0.4, 0.5) is 0 Å². The number of halogens is 2.